The van der Waals surface area contributed by atoms with E-state index in [2.05, 4.69) is 16.0 Å². The van der Waals surface area contributed by atoms with Crippen molar-refractivity contribution in [1.29, 1.82) is 0 Å². The summed E-state index contributed by atoms with van der Waals surface area (Å²) in [7, 11) is 0. The zero-order chi connectivity index (χ0) is 63.2. The Kier molecular flexibility index (Phi) is 23.7. The highest BCUT2D eigenvalue weighted by molar-refractivity contribution is 5.25. The molecule has 5 fully saturated rings. The van der Waals surface area contributed by atoms with Crippen LogP contribution in [0.3, 0.4) is 0 Å². The van der Waals surface area contributed by atoms with Gasteiger partial charge < -0.3 is 176 Å². The van der Waals surface area contributed by atoms with Crippen molar-refractivity contribution >= 4 is 0 Å². The van der Waals surface area contributed by atoms with Gasteiger partial charge in [0.25, 0.3) is 0 Å². The zero-order valence-corrected chi connectivity index (χ0v) is 46.6. The lowest BCUT2D eigenvalue weighted by atomic mass is 9.86. The first-order chi connectivity index (χ1) is 40.6. The highest BCUT2D eigenvalue weighted by Crippen LogP contribution is 2.37. The van der Waals surface area contributed by atoms with Crippen molar-refractivity contribution in [3.05, 3.63) is 34.9 Å². The highest BCUT2D eigenvalue weighted by Gasteiger charge is 2.56. The molecule has 0 bridgehead atoms. The average Bonchev–Trinajstić information content (AvgIpc) is 3.64. The van der Waals surface area contributed by atoms with E-state index in [1.165, 1.54) is 39.0 Å². The Balaban J connectivity index is 0.857. The average molecular weight is 1250 g/mol. The molecule has 0 saturated carbocycles. The first-order valence-electron chi connectivity index (χ1n) is 28.2. The minimum atomic E-state index is -2.08. The molecule has 5 aliphatic heterocycles. The van der Waals surface area contributed by atoms with Gasteiger partial charge in [-0.2, -0.15) is 0 Å². The Morgan fingerprint density at radius 1 is 0.337 bits per heavy atom. The van der Waals surface area contributed by atoms with Crippen LogP contribution in [0.2, 0.25) is 0 Å². The van der Waals surface area contributed by atoms with Crippen LogP contribution in [-0.2, 0) is 42.6 Å². The van der Waals surface area contributed by atoms with E-state index in [9.17, 15) is 117 Å². The van der Waals surface area contributed by atoms with E-state index < -0.39 is 259 Å². The van der Waals surface area contributed by atoms with Gasteiger partial charge >= 0.3 is 0 Å². The van der Waals surface area contributed by atoms with E-state index >= 15 is 0 Å². The number of hydrogen-bond acceptors (Lipinski definition) is 35. The first-order valence-corrected chi connectivity index (χ1v) is 28.2. The van der Waals surface area contributed by atoms with Gasteiger partial charge in [0, 0.05) is 0 Å². The minimum absolute atomic E-state index is 0.0252. The van der Waals surface area contributed by atoms with Crippen molar-refractivity contribution < 1.29 is 160 Å². The molecule has 0 radical (unpaired) electrons. The SMILES string of the molecule is C[C@H]1O[C@H](O[C@H]2[C@H](O)[C@@H](O)[C@@H](O[C@@H]3C(CO)=C[C@H](N[C@H]4[C@H](O)[C@@H](O)[C@@H](O[C@H]5[C@H](O)[C@@H](O)[C@@H](O[C@@H]6C(CO)=C[C@H](N[C@H]7[C@H](O)[C@@H](O)C(O)O[C@@H]7C)[C@H](O)[C@H]6O)O[C@@H]5CO)O[C@@H]4C)[C@H](O)[C@H]3O)O[C@@H]2CO)[C@H](O)[C@@H](O)[C@@H]1N[C@H]1C=C(CO)[C@@H](O)[C@H](O)[C@H]1O. The van der Waals surface area contributed by atoms with Gasteiger partial charge in [-0.05, 0) is 37.5 Å². The molecular formula is C51H85N3O32. The first kappa shape index (κ1) is 69.7. The van der Waals surface area contributed by atoms with Crippen LogP contribution in [0.5, 0.6) is 0 Å². The fourth-order valence-corrected chi connectivity index (χ4v) is 12.3. The van der Waals surface area contributed by atoms with Gasteiger partial charge in [-0.1, -0.05) is 18.2 Å². The maximum absolute atomic E-state index is 11.5. The third-order valence-electron chi connectivity index (χ3n) is 17.4. The second kappa shape index (κ2) is 29.2. The smallest absolute Gasteiger partial charge is 0.187 e. The third kappa shape index (κ3) is 13.9. The Morgan fingerprint density at radius 2 is 0.651 bits per heavy atom. The van der Waals surface area contributed by atoms with Crippen LogP contribution in [0.15, 0.2) is 34.9 Å². The molecule has 0 aromatic carbocycles. The number of rotatable bonds is 19. The standard InChI is InChI=1S/C51H85N3O32/c1-12-23(30(64)38(72)47(77)78-12)53-19-5-16(8-56)43(34(68)28(19)62)83-50-41(75)37(71)46(22(11-59)81-50)86-49-40(74)32(66)25(14(3)80-49)54-20-6-17(9-57)44(35(69)29(20)63)84-51-42(76)36(70)45(21(10-58)82-51)85-48-39(73)31(65)24(13(2)79-48)52-18-4-15(7-55)26(60)33(67)27(18)61/h4-6,12-14,18-77H,7-11H2,1-3H3/t12-,13-,14-,18+,19+,20+,21-,22-,23-,24-,25-,26-,27+,28+,29+,30+,31+,32+,33+,34-,35-,36-,37-,38-,39-,40-,41-,42-,43-,44-,45-,46-,47?,48-,49-,50-,51-/m1/s1. The summed E-state index contributed by atoms with van der Waals surface area (Å²) in [6.07, 6.45) is -50.1. The van der Waals surface area contributed by atoms with E-state index in [-0.39, 0.29) is 16.7 Å². The Hall–Kier alpha value is -2.18. The largest absolute Gasteiger partial charge is 0.394 e. The topological polar surface area (TPSA) is 584 Å². The van der Waals surface area contributed by atoms with Gasteiger partial charge in [0.1, 0.15) is 140 Å². The third-order valence-corrected chi connectivity index (χ3v) is 17.4. The molecule has 0 aromatic rings. The molecule has 26 N–H and O–H groups in total. The molecule has 8 rings (SSSR count). The molecule has 496 valence electrons. The fraction of sp³-hybridized carbons (Fsp3) is 0.882. The fourth-order valence-electron chi connectivity index (χ4n) is 12.3. The van der Waals surface area contributed by atoms with Gasteiger partial charge in [0.15, 0.2) is 31.5 Å². The molecule has 5 saturated heterocycles. The van der Waals surface area contributed by atoms with Crippen molar-refractivity contribution in [3.63, 3.8) is 0 Å². The van der Waals surface area contributed by atoms with Crippen LogP contribution < -0.4 is 16.0 Å². The van der Waals surface area contributed by atoms with Crippen molar-refractivity contribution in [2.24, 2.45) is 0 Å². The minimum Gasteiger partial charge on any atom is -0.394 e. The molecule has 35 nitrogen and oxygen atoms in total. The molecule has 86 heavy (non-hydrogen) atoms. The number of aliphatic hydroxyl groups is 23. The summed E-state index contributed by atoms with van der Waals surface area (Å²) in [6.45, 7) is 0.0499. The molecule has 35 heteroatoms. The summed E-state index contributed by atoms with van der Waals surface area (Å²) in [4.78, 5) is 0. The zero-order valence-electron chi connectivity index (χ0n) is 46.6. The predicted octanol–water partition coefficient (Wildman–Crippen LogP) is -14.9. The number of nitrogens with one attached hydrogen (secondary N) is 3. The summed E-state index contributed by atoms with van der Waals surface area (Å²) in [5.74, 6) is 0. The molecule has 0 amide bonds. The lowest BCUT2D eigenvalue weighted by molar-refractivity contribution is -0.357. The van der Waals surface area contributed by atoms with Crippen LogP contribution in [0, 0.1) is 0 Å². The van der Waals surface area contributed by atoms with E-state index in [1.54, 1.807) is 0 Å². The van der Waals surface area contributed by atoms with E-state index in [0.717, 1.165) is 0 Å². The maximum Gasteiger partial charge on any atom is 0.187 e. The number of ether oxygens (including phenoxy) is 9. The van der Waals surface area contributed by atoms with Crippen LogP contribution in [0.4, 0.5) is 0 Å². The van der Waals surface area contributed by atoms with Gasteiger partial charge in [-0.15, -0.1) is 0 Å². The molecule has 0 aromatic heterocycles. The van der Waals surface area contributed by atoms with Crippen molar-refractivity contribution in [2.75, 3.05) is 33.0 Å². The molecular weight excluding hydrogens is 1170 g/mol. The second-order valence-electron chi connectivity index (χ2n) is 23.1. The summed E-state index contributed by atoms with van der Waals surface area (Å²) < 4.78 is 51.6. The van der Waals surface area contributed by atoms with Crippen LogP contribution >= 0.6 is 0 Å². The summed E-state index contributed by atoms with van der Waals surface area (Å²) in [5, 5.41) is 257. The lowest BCUT2D eigenvalue weighted by Gasteiger charge is -2.49. The van der Waals surface area contributed by atoms with E-state index in [1.807, 2.05) is 0 Å². The summed E-state index contributed by atoms with van der Waals surface area (Å²) in [5.41, 5.74) is -0.269. The summed E-state index contributed by atoms with van der Waals surface area (Å²) >= 11 is 0. The highest BCUT2D eigenvalue weighted by atomic mass is 16.8. The number of aliphatic hydroxyl groups excluding tert-OH is 23. The Labute approximate surface area is 490 Å². The van der Waals surface area contributed by atoms with E-state index in [4.69, 9.17) is 42.6 Å². The molecule has 37 atom stereocenters. The van der Waals surface area contributed by atoms with Crippen LogP contribution in [0.1, 0.15) is 20.8 Å². The van der Waals surface area contributed by atoms with Gasteiger partial charge in [0.2, 0.25) is 0 Å². The van der Waals surface area contributed by atoms with Crippen molar-refractivity contribution in [3.8, 4) is 0 Å². The normalized spacial score (nSPS) is 52.3. The molecule has 1 unspecified atom stereocenters. The molecule has 0 spiro atoms. The van der Waals surface area contributed by atoms with Crippen molar-refractivity contribution in [2.45, 2.75) is 247 Å². The Bertz CT molecular complexity index is 2280. The molecule has 5 heterocycles. The van der Waals surface area contributed by atoms with Crippen LogP contribution in [0.25, 0.3) is 0 Å². The van der Waals surface area contributed by atoms with Gasteiger partial charge in [-0.3, -0.25) is 0 Å². The van der Waals surface area contributed by atoms with E-state index in [0.29, 0.717) is 0 Å². The van der Waals surface area contributed by atoms with Crippen molar-refractivity contribution in [1.82, 2.24) is 16.0 Å². The second-order valence-corrected chi connectivity index (χ2v) is 23.1. The quantitative estimate of drug-likeness (QED) is 0.0534. The number of hydrogen-bond donors (Lipinski definition) is 26. The predicted molar refractivity (Wildman–Crippen MR) is 276 cm³/mol. The molecule has 3 aliphatic carbocycles. The maximum atomic E-state index is 11.5. The summed E-state index contributed by atoms with van der Waals surface area (Å²) in [6, 6.07) is -7.35. The Morgan fingerprint density at radius 3 is 1.01 bits per heavy atom. The lowest BCUT2D eigenvalue weighted by Crippen LogP contribution is -2.69. The van der Waals surface area contributed by atoms with Gasteiger partial charge in [-0.25, -0.2) is 0 Å². The monoisotopic (exact) mass is 1250 g/mol. The van der Waals surface area contributed by atoms with Crippen LogP contribution in [-0.4, -0.2) is 377 Å². The molecule has 8 aliphatic rings. The van der Waals surface area contributed by atoms with Gasteiger partial charge in [0.05, 0.1) is 87.6 Å².